The molecule has 1 spiro atoms. The summed E-state index contributed by atoms with van der Waals surface area (Å²) in [4.78, 5) is 16.3. The second kappa shape index (κ2) is 10.4. The third-order valence-corrected chi connectivity index (χ3v) is 7.28. The van der Waals surface area contributed by atoms with Crippen molar-refractivity contribution in [1.82, 2.24) is 15.6 Å². The molecule has 1 saturated carbocycles. The molecule has 2 aromatic rings. The fourth-order valence-corrected chi connectivity index (χ4v) is 5.07. The van der Waals surface area contributed by atoms with Crippen LogP contribution >= 0.6 is 0 Å². The molecule has 6 nitrogen and oxygen atoms in total. The van der Waals surface area contributed by atoms with E-state index in [0.29, 0.717) is 24.3 Å². The van der Waals surface area contributed by atoms with Gasteiger partial charge in [0.15, 0.2) is 0 Å². The van der Waals surface area contributed by atoms with Crippen LogP contribution in [0.25, 0.3) is 0 Å². The molecule has 8 heteroatoms. The Hall–Kier alpha value is -2.58. The first-order valence-corrected chi connectivity index (χ1v) is 12.7. The van der Waals surface area contributed by atoms with Crippen LogP contribution in [0.2, 0.25) is 0 Å². The van der Waals surface area contributed by atoms with Crippen molar-refractivity contribution in [2.45, 2.75) is 89.8 Å². The lowest BCUT2D eigenvalue weighted by Gasteiger charge is -2.47. The smallest absolute Gasteiger partial charge is 0.218 e. The van der Waals surface area contributed by atoms with Gasteiger partial charge in [-0.25, -0.2) is 13.8 Å². The lowest BCUT2D eigenvalue weighted by molar-refractivity contribution is -0.120. The Balaban J connectivity index is 1.52. The summed E-state index contributed by atoms with van der Waals surface area (Å²) in [5, 5.41) is 17.3. The highest BCUT2D eigenvalue weighted by atomic mass is 19.1. The number of pyridine rings is 1. The van der Waals surface area contributed by atoms with E-state index in [1.165, 1.54) is 19.1 Å². The van der Waals surface area contributed by atoms with Crippen molar-refractivity contribution in [3.05, 3.63) is 59.0 Å². The summed E-state index contributed by atoms with van der Waals surface area (Å²) in [6.45, 7) is 7.17. The number of carbonyl (C=O) groups excluding carboxylic acids is 1. The second-order valence-electron chi connectivity index (χ2n) is 11.4. The van der Waals surface area contributed by atoms with Crippen molar-refractivity contribution < 1.29 is 23.4 Å². The SMILES string of the molecule is CC(=O)N[C@@H](Cc1ccc(F)cc1)[C@@H](O)CN[C@H]1CC2(CCC2)Oc2ncc([C@@H](F)C(C)(C)C)cc21. The van der Waals surface area contributed by atoms with Crippen LogP contribution in [0.5, 0.6) is 5.88 Å². The molecular formula is C28H37F2N3O3. The van der Waals surface area contributed by atoms with Gasteiger partial charge < -0.3 is 20.5 Å². The molecule has 0 bridgehead atoms. The monoisotopic (exact) mass is 501 g/mol. The Labute approximate surface area is 211 Å². The molecule has 2 heterocycles. The fourth-order valence-electron chi connectivity index (χ4n) is 5.07. The molecule has 3 N–H and O–H groups in total. The van der Waals surface area contributed by atoms with Crippen molar-refractivity contribution in [1.29, 1.82) is 0 Å². The van der Waals surface area contributed by atoms with Crippen LogP contribution in [-0.4, -0.2) is 40.3 Å². The highest BCUT2D eigenvalue weighted by Crippen LogP contribution is 2.49. The van der Waals surface area contributed by atoms with E-state index >= 15 is 4.39 Å². The van der Waals surface area contributed by atoms with Gasteiger partial charge in [0.05, 0.1) is 12.1 Å². The molecule has 1 fully saturated rings. The normalized spacial score (nSPS) is 21.0. The Morgan fingerprint density at radius 3 is 2.56 bits per heavy atom. The zero-order valence-electron chi connectivity index (χ0n) is 21.5. The number of alkyl halides is 1. The van der Waals surface area contributed by atoms with E-state index in [4.69, 9.17) is 4.74 Å². The van der Waals surface area contributed by atoms with Gasteiger partial charge in [-0.05, 0) is 54.9 Å². The Morgan fingerprint density at radius 2 is 1.97 bits per heavy atom. The first kappa shape index (κ1) is 26.5. The molecule has 0 saturated heterocycles. The number of ether oxygens (including phenoxy) is 1. The van der Waals surface area contributed by atoms with Crippen LogP contribution in [0, 0.1) is 11.2 Å². The van der Waals surface area contributed by atoms with E-state index < -0.39 is 23.7 Å². The van der Waals surface area contributed by atoms with Gasteiger partial charge in [-0.15, -0.1) is 0 Å². The molecule has 0 radical (unpaired) electrons. The van der Waals surface area contributed by atoms with Crippen molar-refractivity contribution >= 4 is 5.91 Å². The number of amides is 1. The average molecular weight is 502 g/mol. The summed E-state index contributed by atoms with van der Waals surface area (Å²) in [5.41, 5.74) is 1.26. The molecule has 1 aliphatic carbocycles. The third kappa shape index (κ3) is 6.03. The quantitative estimate of drug-likeness (QED) is 0.488. The van der Waals surface area contributed by atoms with E-state index in [0.717, 1.165) is 30.4 Å². The maximum Gasteiger partial charge on any atom is 0.218 e. The van der Waals surface area contributed by atoms with Gasteiger partial charge in [-0.1, -0.05) is 32.9 Å². The topological polar surface area (TPSA) is 83.5 Å². The lowest BCUT2D eigenvalue weighted by atomic mass is 9.73. The standard InChI is InChI=1S/C28H37F2N3O3/c1-17(34)33-22(12-18-6-8-20(29)9-7-18)24(35)16-31-23-14-28(10-5-11-28)36-26-21(23)13-19(15-32-26)25(30)27(2,3)4/h6-9,13,15,22-25,31,35H,5,10-12,14,16H2,1-4H3,(H,33,34)/t22-,23-,24-,25+/m0/s1. The number of fused-ring (bicyclic) bond motifs is 1. The van der Waals surface area contributed by atoms with E-state index in [2.05, 4.69) is 15.6 Å². The van der Waals surface area contributed by atoms with E-state index in [9.17, 15) is 14.3 Å². The van der Waals surface area contributed by atoms with Crippen LogP contribution in [0.1, 0.15) is 82.3 Å². The minimum absolute atomic E-state index is 0.174. The zero-order chi connectivity index (χ0) is 26.1. The Bertz CT molecular complexity index is 1070. The molecule has 196 valence electrons. The molecule has 4 atom stereocenters. The first-order valence-electron chi connectivity index (χ1n) is 12.7. The van der Waals surface area contributed by atoms with Crippen molar-refractivity contribution in [2.75, 3.05) is 6.54 Å². The van der Waals surface area contributed by atoms with Gasteiger partial charge in [0.1, 0.15) is 17.6 Å². The number of aliphatic hydroxyl groups is 1. The highest BCUT2D eigenvalue weighted by Gasteiger charge is 2.46. The number of aliphatic hydroxyl groups excluding tert-OH is 1. The molecule has 0 unspecified atom stereocenters. The molecule has 1 aromatic heterocycles. The van der Waals surface area contributed by atoms with Crippen LogP contribution < -0.4 is 15.4 Å². The summed E-state index contributed by atoms with van der Waals surface area (Å²) in [6.07, 6.45) is 3.50. The zero-order valence-corrected chi connectivity index (χ0v) is 21.5. The molecule has 4 rings (SSSR count). The molecule has 1 amide bonds. The number of hydrogen-bond acceptors (Lipinski definition) is 5. The minimum atomic E-state index is -1.18. The van der Waals surface area contributed by atoms with Crippen LogP contribution in [0.4, 0.5) is 8.78 Å². The molecular weight excluding hydrogens is 464 g/mol. The summed E-state index contributed by atoms with van der Waals surface area (Å²) in [5.74, 6) is -0.0753. The van der Waals surface area contributed by atoms with Gasteiger partial charge in [0.2, 0.25) is 11.8 Å². The number of nitrogens with zero attached hydrogens (tertiary/aromatic N) is 1. The number of benzene rings is 1. The van der Waals surface area contributed by atoms with Crippen LogP contribution in [0.15, 0.2) is 36.5 Å². The average Bonchev–Trinajstić information content (AvgIpc) is 2.80. The highest BCUT2D eigenvalue weighted by molar-refractivity contribution is 5.73. The number of nitrogens with one attached hydrogen (secondary N) is 2. The second-order valence-corrected chi connectivity index (χ2v) is 11.4. The Morgan fingerprint density at radius 1 is 1.28 bits per heavy atom. The summed E-state index contributed by atoms with van der Waals surface area (Å²) in [6, 6.07) is 7.12. The predicted octanol–water partition coefficient (Wildman–Crippen LogP) is 4.72. The minimum Gasteiger partial charge on any atom is -0.471 e. The van der Waals surface area contributed by atoms with Gasteiger partial charge >= 0.3 is 0 Å². The largest absolute Gasteiger partial charge is 0.471 e. The molecule has 36 heavy (non-hydrogen) atoms. The fraction of sp³-hybridized carbons (Fsp3) is 0.571. The summed E-state index contributed by atoms with van der Waals surface area (Å²) >= 11 is 0. The molecule has 2 aliphatic rings. The first-order chi connectivity index (χ1) is 17.0. The van der Waals surface area contributed by atoms with E-state index in [1.807, 2.05) is 26.8 Å². The number of rotatable bonds is 8. The van der Waals surface area contributed by atoms with E-state index in [1.54, 1.807) is 18.3 Å². The maximum atomic E-state index is 15.1. The predicted molar refractivity (Wildman–Crippen MR) is 134 cm³/mol. The summed E-state index contributed by atoms with van der Waals surface area (Å²) < 4.78 is 34.7. The molecule has 1 aliphatic heterocycles. The number of aromatic nitrogens is 1. The van der Waals surface area contributed by atoms with Crippen LogP contribution in [0.3, 0.4) is 0 Å². The lowest BCUT2D eigenvalue weighted by Crippen LogP contribution is -2.52. The van der Waals surface area contributed by atoms with Crippen molar-refractivity contribution in [3.8, 4) is 5.88 Å². The third-order valence-electron chi connectivity index (χ3n) is 7.28. The van der Waals surface area contributed by atoms with Crippen molar-refractivity contribution in [2.24, 2.45) is 5.41 Å². The van der Waals surface area contributed by atoms with E-state index in [-0.39, 0.29) is 29.9 Å². The number of carbonyl (C=O) groups is 1. The Kier molecular flexibility index (Phi) is 7.67. The number of hydrogen-bond donors (Lipinski definition) is 3. The van der Waals surface area contributed by atoms with Crippen molar-refractivity contribution in [3.63, 3.8) is 0 Å². The maximum absolute atomic E-state index is 15.1. The van der Waals surface area contributed by atoms with Crippen LogP contribution in [-0.2, 0) is 11.2 Å². The summed E-state index contributed by atoms with van der Waals surface area (Å²) in [7, 11) is 0. The van der Waals surface area contributed by atoms with Gasteiger partial charge in [-0.3, -0.25) is 4.79 Å². The van der Waals surface area contributed by atoms with Gasteiger partial charge in [0.25, 0.3) is 0 Å². The number of halogens is 2. The molecule has 1 aromatic carbocycles. The van der Waals surface area contributed by atoms with Gasteiger partial charge in [0, 0.05) is 43.3 Å². The van der Waals surface area contributed by atoms with Gasteiger partial charge in [-0.2, -0.15) is 0 Å².